The third kappa shape index (κ3) is 3.97. The van der Waals surface area contributed by atoms with Crippen molar-refractivity contribution in [2.45, 2.75) is 6.92 Å². The fourth-order valence-corrected chi connectivity index (χ4v) is 4.42. The molecule has 0 bridgehead atoms. The summed E-state index contributed by atoms with van der Waals surface area (Å²) in [6, 6.07) is 19.4. The van der Waals surface area contributed by atoms with E-state index in [1.54, 1.807) is 11.8 Å². The van der Waals surface area contributed by atoms with Gasteiger partial charge in [-0.1, -0.05) is 29.8 Å². The molecule has 1 amide bonds. The van der Waals surface area contributed by atoms with E-state index >= 15 is 0 Å². The lowest BCUT2D eigenvalue weighted by Gasteiger charge is -2.09. The Labute approximate surface area is 181 Å². The number of para-hydroxylation sites is 1. The van der Waals surface area contributed by atoms with Crippen molar-refractivity contribution in [1.82, 2.24) is 9.78 Å². The zero-order valence-corrected chi connectivity index (χ0v) is 18.3. The number of benzene rings is 2. The van der Waals surface area contributed by atoms with Crippen LogP contribution in [0.25, 0.3) is 16.9 Å². The first kappa shape index (κ1) is 19.4. The standard InChI is InChI=1S/C22H18BrN3O2S/c1-14-7-9-15(10-8-14)26-20(24-22(27)21-17(23)11-12-29-21)13-18(25-26)16-5-3-4-6-19(16)28-2/h3-13H,1-2H3,(H,24,27). The van der Waals surface area contributed by atoms with Crippen LogP contribution in [0.2, 0.25) is 0 Å². The van der Waals surface area contributed by atoms with Crippen molar-refractivity contribution in [3.05, 3.63) is 81.0 Å². The fraction of sp³-hybridized carbons (Fsp3) is 0.0909. The molecule has 0 aliphatic heterocycles. The highest BCUT2D eigenvalue weighted by molar-refractivity contribution is 9.10. The summed E-state index contributed by atoms with van der Waals surface area (Å²) >= 11 is 4.80. The van der Waals surface area contributed by atoms with Crippen molar-refractivity contribution in [1.29, 1.82) is 0 Å². The van der Waals surface area contributed by atoms with Gasteiger partial charge in [-0.3, -0.25) is 4.79 Å². The molecule has 2 aromatic carbocycles. The van der Waals surface area contributed by atoms with Crippen LogP contribution in [0.1, 0.15) is 15.2 Å². The molecule has 0 saturated heterocycles. The third-order valence-electron chi connectivity index (χ3n) is 4.44. The lowest BCUT2D eigenvalue weighted by atomic mass is 10.1. The van der Waals surface area contributed by atoms with Crippen LogP contribution in [-0.2, 0) is 0 Å². The number of carbonyl (C=O) groups excluding carboxylic acids is 1. The van der Waals surface area contributed by atoms with Gasteiger partial charge in [0.05, 0.1) is 18.5 Å². The van der Waals surface area contributed by atoms with Crippen molar-refractivity contribution >= 4 is 39.0 Å². The molecule has 0 aliphatic rings. The van der Waals surface area contributed by atoms with Crippen molar-refractivity contribution in [3.8, 4) is 22.7 Å². The number of halogens is 1. The van der Waals surface area contributed by atoms with E-state index in [2.05, 4.69) is 21.2 Å². The number of hydrogen-bond donors (Lipinski definition) is 1. The highest BCUT2D eigenvalue weighted by Gasteiger charge is 2.18. The summed E-state index contributed by atoms with van der Waals surface area (Å²) in [6.45, 7) is 2.03. The number of thiophene rings is 1. The Bertz CT molecular complexity index is 1170. The Morgan fingerprint density at radius 3 is 2.59 bits per heavy atom. The minimum Gasteiger partial charge on any atom is -0.496 e. The summed E-state index contributed by atoms with van der Waals surface area (Å²) in [5.74, 6) is 1.12. The first-order valence-electron chi connectivity index (χ1n) is 8.91. The minimum atomic E-state index is -0.188. The highest BCUT2D eigenvalue weighted by Crippen LogP contribution is 2.32. The number of rotatable bonds is 5. The second-order valence-electron chi connectivity index (χ2n) is 6.41. The Hall–Kier alpha value is -2.90. The van der Waals surface area contributed by atoms with Gasteiger partial charge in [0.2, 0.25) is 0 Å². The fourth-order valence-electron chi connectivity index (χ4n) is 2.97. The Morgan fingerprint density at radius 2 is 1.90 bits per heavy atom. The summed E-state index contributed by atoms with van der Waals surface area (Å²) in [5, 5.41) is 9.63. The maximum atomic E-state index is 12.8. The zero-order chi connectivity index (χ0) is 20.4. The molecule has 2 heterocycles. The zero-order valence-electron chi connectivity index (χ0n) is 15.8. The molecule has 0 saturated carbocycles. The van der Waals surface area contributed by atoms with Gasteiger partial charge in [0, 0.05) is 16.1 Å². The third-order valence-corrected chi connectivity index (χ3v) is 6.27. The molecule has 29 heavy (non-hydrogen) atoms. The predicted molar refractivity (Wildman–Crippen MR) is 120 cm³/mol. The van der Waals surface area contributed by atoms with Crippen LogP contribution in [0.3, 0.4) is 0 Å². The van der Waals surface area contributed by atoms with Gasteiger partial charge in [-0.25, -0.2) is 4.68 Å². The van der Waals surface area contributed by atoms with Crippen LogP contribution in [0.4, 0.5) is 5.82 Å². The van der Waals surface area contributed by atoms with Gasteiger partial charge >= 0.3 is 0 Å². The molecule has 5 nitrogen and oxygen atoms in total. The maximum absolute atomic E-state index is 12.8. The van der Waals surface area contributed by atoms with Crippen molar-refractivity contribution in [2.24, 2.45) is 0 Å². The summed E-state index contributed by atoms with van der Waals surface area (Å²) in [5.41, 5.74) is 3.58. The van der Waals surface area contributed by atoms with Gasteiger partial charge in [-0.05, 0) is 58.6 Å². The Morgan fingerprint density at radius 1 is 1.14 bits per heavy atom. The van der Waals surface area contributed by atoms with Gasteiger partial charge in [0.1, 0.15) is 16.4 Å². The van der Waals surface area contributed by atoms with Crippen LogP contribution >= 0.6 is 27.3 Å². The van der Waals surface area contributed by atoms with E-state index in [4.69, 9.17) is 9.84 Å². The molecule has 2 aromatic heterocycles. The van der Waals surface area contributed by atoms with E-state index in [9.17, 15) is 4.79 Å². The average molecular weight is 468 g/mol. The molecular formula is C22H18BrN3O2S. The smallest absolute Gasteiger partial charge is 0.268 e. The predicted octanol–water partition coefficient (Wildman–Crippen LogP) is 5.93. The number of nitrogens with zero attached hydrogens (tertiary/aromatic N) is 2. The average Bonchev–Trinajstić information content (AvgIpc) is 3.35. The largest absolute Gasteiger partial charge is 0.496 e. The molecule has 4 aromatic rings. The van der Waals surface area contributed by atoms with Crippen molar-refractivity contribution in [3.63, 3.8) is 0 Å². The molecule has 146 valence electrons. The Kier molecular flexibility index (Phi) is 5.51. The van der Waals surface area contributed by atoms with Gasteiger partial charge in [-0.15, -0.1) is 11.3 Å². The van der Waals surface area contributed by atoms with Crippen molar-refractivity contribution < 1.29 is 9.53 Å². The number of amides is 1. The van der Waals surface area contributed by atoms with Gasteiger partial charge < -0.3 is 10.1 Å². The van der Waals surface area contributed by atoms with Crippen LogP contribution < -0.4 is 10.1 Å². The van der Waals surface area contributed by atoms with E-state index in [-0.39, 0.29) is 5.91 Å². The topological polar surface area (TPSA) is 56.1 Å². The SMILES string of the molecule is COc1ccccc1-c1cc(NC(=O)c2sccc2Br)n(-c2ccc(C)cc2)n1. The van der Waals surface area contributed by atoms with E-state index in [1.165, 1.54) is 11.3 Å². The summed E-state index contributed by atoms with van der Waals surface area (Å²) in [6.07, 6.45) is 0. The molecule has 1 N–H and O–H groups in total. The molecule has 0 spiro atoms. The van der Waals surface area contributed by atoms with E-state index < -0.39 is 0 Å². The van der Waals surface area contributed by atoms with Crippen molar-refractivity contribution in [2.75, 3.05) is 12.4 Å². The van der Waals surface area contributed by atoms with Crippen LogP contribution in [-0.4, -0.2) is 22.8 Å². The molecule has 0 unspecified atom stereocenters. The summed E-state index contributed by atoms with van der Waals surface area (Å²) in [7, 11) is 1.63. The van der Waals surface area contributed by atoms with Gasteiger partial charge in [0.25, 0.3) is 5.91 Å². The van der Waals surface area contributed by atoms with Gasteiger partial charge in [0.15, 0.2) is 0 Å². The van der Waals surface area contributed by atoms with Crippen LogP contribution in [0, 0.1) is 6.92 Å². The number of aromatic nitrogens is 2. The maximum Gasteiger partial charge on any atom is 0.268 e. The Balaban J connectivity index is 1.80. The van der Waals surface area contributed by atoms with Crippen LogP contribution in [0.15, 0.2) is 70.5 Å². The molecule has 0 atom stereocenters. The monoisotopic (exact) mass is 467 g/mol. The number of aryl methyl sites for hydroxylation is 1. The number of anilines is 1. The number of nitrogens with one attached hydrogen (secondary N) is 1. The minimum absolute atomic E-state index is 0.188. The summed E-state index contributed by atoms with van der Waals surface area (Å²) < 4.78 is 7.99. The molecular weight excluding hydrogens is 450 g/mol. The number of hydrogen-bond acceptors (Lipinski definition) is 4. The number of carbonyl (C=O) groups is 1. The first-order chi connectivity index (χ1) is 14.1. The van der Waals surface area contributed by atoms with E-state index in [0.29, 0.717) is 16.4 Å². The molecule has 0 radical (unpaired) electrons. The number of ether oxygens (including phenoxy) is 1. The molecule has 0 aliphatic carbocycles. The summed E-state index contributed by atoms with van der Waals surface area (Å²) in [4.78, 5) is 13.4. The lowest BCUT2D eigenvalue weighted by Crippen LogP contribution is -2.14. The molecule has 4 rings (SSSR count). The van der Waals surface area contributed by atoms with Gasteiger partial charge in [-0.2, -0.15) is 5.10 Å². The lowest BCUT2D eigenvalue weighted by molar-refractivity contribution is 0.102. The molecule has 0 fully saturated rings. The highest BCUT2D eigenvalue weighted by atomic mass is 79.9. The van der Waals surface area contributed by atoms with E-state index in [1.807, 2.05) is 73.0 Å². The first-order valence-corrected chi connectivity index (χ1v) is 10.6. The second kappa shape index (κ2) is 8.23. The second-order valence-corrected chi connectivity index (χ2v) is 8.18. The van der Waals surface area contributed by atoms with Crippen LogP contribution in [0.5, 0.6) is 5.75 Å². The quantitative estimate of drug-likeness (QED) is 0.395. The normalized spacial score (nSPS) is 10.7. The van der Waals surface area contributed by atoms with E-state index in [0.717, 1.165) is 27.0 Å². The number of methoxy groups -OCH3 is 1. The molecule has 7 heteroatoms.